The van der Waals surface area contributed by atoms with E-state index in [1.165, 1.54) is 0 Å². The SMILES string of the molecule is Nc1ccc(CC(=O)NCc2ccccc2O)cc1. The fraction of sp³-hybridized carbons (Fsp3) is 0.133. The zero-order chi connectivity index (χ0) is 13.7. The van der Waals surface area contributed by atoms with Crippen molar-refractivity contribution in [1.29, 1.82) is 0 Å². The minimum Gasteiger partial charge on any atom is -0.508 e. The van der Waals surface area contributed by atoms with Crippen LogP contribution in [0.1, 0.15) is 11.1 Å². The highest BCUT2D eigenvalue weighted by Gasteiger charge is 2.05. The summed E-state index contributed by atoms with van der Waals surface area (Å²) in [6.07, 6.45) is 0.299. The molecule has 0 spiro atoms. The first kappa shape index (κ1) is 13.0. The van der Waals surface area contributed by atoms with E-state index >= 15 is 0 Å². The molecule has 0 aromatic heterocycles. The van der Waals surface area contributed by atoms with Gasteiger partial charge in [-0.15, -0.1) is 0 Å². The number of rotatable bonds is 4. The van der Waals surface area contributed by atoms with Crippen LogP contribution in [0.25, 0.3) is 0 Å². The number of aromatic hydroxyl groups is 1. The largest absolute Gasteiger partial charge is 0.508 e. The third-order valence-corrected chi connectivity index (χ3v) is 2.81. The Kier molecular flexibility index (Phi) is 4.03. The van der Waals surface area contributed by atoms with Gasteiger partial charge >= 0.3 is 0 Å². The summed E-state index contributed by atoms with van der Waals surface area (Å²) in [6, 6.07) is 14.1. The Labute approximate surface area is 111 Å². The predicted octanol–water partition coefficient (Wildman–Crippen LogP) is 1.83. The van der Waals surface area contributed by atoms with Crippen molar-refractivity contribution < 1.29 is 9.90 Å². The third-order valence-electron chi connectivity index (χ3n) is 2.81. The molecule has 0 saturated heterocycles. The molecule has 0 unspecified atom stereocenters. The molecule has 0 aliphatic heterocycles. The summed E-state index contributed by atoms with van der Waals surface area (Å²) in [6.45, 7) is 0.320. The lowest BCUT2D eigenvalue weighted by atomic mass is 10.1. The van der Waals surface area contributed by atoms with Crippen LogP contribution in [0.3, 0.4) is 0 Å². The van der Waals surface area contributed by atoms with Gasteiger partial charge in [-0.1, -0.05) is 30.3 Å². The molecule has 0 bridgehead atoms. The minimum atomic E-state index is -0.0898. The summed E-state index contributed by atoms with van der Waals surface area (Å²) < 4.78 is 0. The van der Waals surface area contributed by atoms with Crippen molar-refractivity contribution in [3.05, 3.63) is 59.7 Å². The number of phenolic OH excluding ortho intramolecular Hbond substituents is 1. The summed E-state index contributed by atoms with van der Waals surface area (Å²) in [5.74, 6) is 0.100. The fourth-order valence-corrected chi connectivity index (χ4v) is 1.74. The van der Waals surface area contributed by atoms with Gasteiger partial charge in [0, 0.05) is 17.8 Å². The Morgan fingerprint density at radius 3 is 2.47 bits per heavy atom. The predicted molar refractivity (Wildman–Crippen MR) is 74.5 cm³/mol. The monoisotopic (exact) mass is 256 g/mol. The summed E-state index contributed by atoms with van der Waals surface area (Å²) in [5, 5.41) is 12.4. The average molecular weight is 256 g/mol. The first-order valence-electron chi connectivity index (χ1n) is 6.03. The number of anilines is 1. The van der Waals surface area contributed by atoms with Crippen LogP contribution in [-0.4, -0.2) is 11.0 Å². The molecule has 1 amide bonds. The second kappa shape index (κ2) is 5.91. The minimum absolute atomic E-state index is 0.0898. The Morgan fingerprint density at radius 2 is 1.79 bits per heavy atom. The molecule has 0 heterocycles. The van der Waals surface area contributed by atoms with E-state index in [0.29, 0.717) is 24.2 Å². The molecule has 0 saturated carbocycles. The van der Waals surface area contributed by atoms with Crippen molar-refractivity contribution in [3.8, 4) is 5.75 Å². The van der Waals surface area contributed by atoms with E-state index in [0.717, 1.165) is 5.56 Å². The maximum atomic E-state index is 11.8. The van der Waals surface area contributed by atoms with Crippen molar-refractivity contribution in [3.63, 3.8) is 0 Å². The number of nitrogens with two attached hydrogens (primary N) is 1. The number of hydrogen-bond acceptors (Lipinski definition) is 3. The van der Waals surface area contributed by atoms with Crippen molar-refractivity contribution in [2.24, 2.45) is 0 Å². The van der Waals surface area contributed by atoms with Crippen LogP contribution in [0.4, 0.5) is 5.69 Å². The molecule has 0 radical (unpaired) electrons. The van der Waals surface area contributed by atoms with E-state index in [2.05, 4.69) is 5.32 Å². The topological polar surface area (TPSA) is 75.4 Å². The van der Waals surface area contributed by atoms with Gasteiger partial charge in [0.2, 0.25) is 5.91 Å². The smallest absolute Gasteiger partial charge is 0.224 e. The average Bonchev–Trinajstić information content (AvgIpc) is 2.40. The third kappa shape index (κ3) is 3.74. The second-order valence-electron chi connectivity index (χ2n) is 4.32. The molecule has 0 fully saturated rings. The molecule has 0 aliphatic rings. The van der Waals surface area contributed by atoms with Gasteiger partial charge in [0.25, 0.3) is 0 Å². The molecule has 0 aliphatic carbocycles. The Balaban J connectivity index is 1.88. The molecule has 2 rings (SSSR count). The van der Waals surface area contributed by atoms with Crippen molar-refractivity contribution in [1.82, 2.24) is 5.32 Å². The van der Waals surface area contributed by atoms with Gasteiger partial charge in [0.15, 0.2) is 0 Å². The maximum Gasteiger partial charge on any atom is 0.224 e. The van der Waals surface area contributed by atoms with E-state index in [1.54, 1.807) is 30.3 Å². The number of phenols is 1. The molecule has 19 heavy (non-hydrogen) atoms. The van der Waals surface area contributed by atoms with Gasteiger partial charge in [-0.25, -0.2) is 0 Å². The molecule has 4 N–H and O–H groups in total. The summed E-state index contributed by atoms with van der Waals surface area (Å²) in [4.78, 5) is 11.8. The van der Waals surface area contributed by atoms with Crippen LogP contribution in [0.2, 0.25) is 0 Å². The summed E-state index contributed by atoms with van der Waals surface area (Å²) in [7, 11) is 0. The fourth-order valence-electron chi connectivity index (χ4n) is 1.74. The lowest BCUT2D eigenvalue weighted by Crippen LogP contribution is -2.24. The van der Waals surface area contributed by atoms with Crippen LogP contribution in [0.15, 0.2) is 48.5 Å². The normalized spacial score (nSPS) is 10.1. The maximum absolute atomic E-state index is 11.8. The lowest BCUT2D eigenvalue weighted by molar-refractivity contribution is -0.120. The number of hydrogen-bond donors (Lipinski definition) is 3. The van der Waals surface area contributed by atoms with E-state index in [4.69, 9.17) is 5.73 Å². The molecule has 4 nitrogen and oxygen atoms in total. The van der Waals surface area contributed by atoms with E-state index < -0.39 is 0 Å². The highest BCUT2D eigenvalue weighted by Crippen LogP contribution is 2.15. The molecule has 2 aromatic rings. The molecule has 98 valence electrons. The van der Waals surface area contributed by atoms with Crippen molar-refractivity contribution >= 4 is 11.6 Å². The van der Waals surface area contributed by atoms with Crippen molar-refractivity contribution in [2.45, 2.75) is 13.0 Å². The number of benzene rings is 2. The van der Waals surface area contributed by atoms with Gasteiger partial charge in [-0.3, -0.25) is 4.79 Å². The van der Waals surface area contributed by atoms with Gasteiger partial charge in [0.05, 0.1) is 6.42 Å². The number of para-hydroxylation sites is 1. The standard InChI is InChI=1S/C15H16N2O2/c16-13-7-5-11(6-8-13)9-15(19)17-10-12-3-1-2-4-14(12)18/h1-8,18H,9-10,16H2,(H,17,19). The number of amides is 1. The zero-order valence-electron chi connectivity index (χ0n) is 10.5. The Hall–Kier alpha value is -2.49. The Bertz CT molecular complexity index is 565. The number of carbonyl (C=O) groups is 1. The number of nitrogen functional groups attached to an aromatic ring is 1. The van der Waals surface area contributed by atoms with Gasteiger partial charge < -0.3 is 16.2 Å². The van der Waals surface area contributed by atoms with Gasteiger partial charge in [-0.05, 0) is 23.8 Å². The second-order valence-corrected chi connectivity index (χ2v) is 4.32. The van der Waals surface area contributed by atoms with Crippen LogP contribution in [-0.2, 0) is 17.8 Å². The van der Waals surface area contributed by atoms with Crippen LogP contribution < -0.4 is 11.1 Å². The highest BCUT2D eigenvalue weighted by molar-refractivity contribution is 5.78. The number of nitrogens with one attached hydrogen (secondary N) is 1. The first-order chi connectivity index (χ1) is 9.15. The van der Waals surface area contributed by atoms with E-state index in [-0.39, 0.29) is 11.7 Å². The summed E-state index contributed by atoms with van der Waals surface area (Å²) >= 11 is 0. The zero-order valence-corrected chi connectivity index (χ0v) is 10.5. The van der Waals surface area contributed by atoms with Crippen LogP contribution >= 0.6 is 0 Å². The molecule has 4 heteroatoms. The summed E-state index contributed by atoms with van der Waals surface area (Å²) in [5.41, 5.74) is 7.87. The van der Waals surface area contributed by atoms with E-state index in [9.17, 15) is 9.90 Å². The molecule has 2 aromatic carbocycles. The van der Waals surface area contributed by atoms with Crippen LogP contribution in [0, 0.1) is 0 Å². The van der Waals surface area contributed by atoms with Crippen LogP contribution in [0.5, 0.6) is 5.75 Å². The molecule has 0 atom stereocenters. The first-order valence-corrected chi connectivity index (χ1v) is 6.03. The van der Waals surface area contributed by atoms with E-state index in [1.807, 2.05) is 18.2 Å². The molecular weight excluding hydrogens is 240 g/mol. The molecular formula is C15H16N2O2. The number of carbonyl (C=O) groups excluding carboxylic acids is 1. The van der Waals surface area contributed by atoms with Gasteiger partial charge in [-0.2, -0.15) is 0 Å². The van der Waals surface area contributed by atoms with Gasteiger partial charge in [0.1, 0.15) is 5.75 Å². The highest BCUT2D eigenvalue weighted by atomic mass is 16.3. The lowest BCUT2D eigenvalue weighted by Gasteiger charge is -2.07. The van der Waals surface area contributed by atoms with Crippen molar-refractivity contribution in [2.75, 3.05) is 5.73 Å². The quantitative estimate of drug-likeness (QED) is 0.730. The Morgan fingerprint density at radius 1 is 1.11 bits per heavy atom.